The van der Waals surface area contributed by atoms with Crippen LogP contribution >= 0.6 is 0 Å². The number of carbonyl (C=O) groups is 1. The zero-order valence-electron chi connectivity index (χ0n) is 15.4. The molecule has 0 unspecified atom stereocenters. The molecule has 0 spiro atoms. The second kappa shape index (κ2) is 8.22. The topological polar surface area (TPSA) is 79.5 Å². The molecule has 0 atom stereocenters. The summed E-state index contributed by atoms with van der Waals surface area (Å²) < 4.78 is 1.96. The van der Waals surface area contributed by atoms with Gasteiger partial charge in [0.05, 0.1) is 5.69 Å². The summed E-state index contributed by atoms with van der Waals surface area (Å²) >= 11 is 0. The van der Waals surface area contributed by atoms with Gasteiger partial charge >= 0.3 is 0 Å². The van der Waals surface area contributed by atoms with E-state index in [1.54, 1.807) is 18.5 Å². The van der Waals surface area contributed by atoms with Gasteiger partial charge in [0, 0.05) is 17.3 Å². The van der Waals surface area contributed by atoms with Gasteiger partial charge in [0.1, 0.15) is 12.1 Å². The number of rotatable bonds is 4. The fourth-order valence-corrected chi connectivity index (χ4v) is 2.91. The van der Waals surface area contributed by atoms with Crippen LogP contribution < -0.4 is 10.9 Å². The van der Waals surface area contributed by atoms with Crippen molar-refractivity contribution in [3.05, 3.63) is 108 Å². The summed E-state index contributed by atoms with van der Waals surface area (Å²) in [6.45, 7) is 0. The SMILES string of the molecule is O=C(NN=c1cc(-c2ccccc2)n(-c2ccccc2)cn1)c1cccc(O)c1. The first-order chi connectivity index (χ1) is 14.2. The molecule has 1 heterocycles. The summed E-state index contributed by atoms with van der Waals surface area (Å²) in [6, 6.07) is 27.7. The lowest BCUT2D eigenvalue weighted by atomic mass is 10.1. The molecule has 1 amide bonds. The molecule has 0 saturated carbocycles. The Hall–Kier alpha value is -4.19. The van der Waals surface area contributed by atoms with Crippen LogP contribution in [0.25, 0.3) is 16.9 Å². The number of para-hydroxylation sites is 1. The molecule has 0 fully saturated rings. The van der Waals surface area contributed by atoms with Crippen molar-refractivity contribution < 1.29 is 9.90 Å². The predicted molar refractivity (Wildman–Crippen MR) is 110 cm³/mol. The number of carbonyl (C=O) groups excluding carboxylic acids is 1. The molecule has 3 aromatic carbocycles. The lowest BCUT2D eigenvalue weighted by molar-refractivity contribution is 0.0952. The van der Waals surface area contributed by atoms with E-state index in [4.69, 9.17) is 0 Å². The predicted octanol–water partition coefficient (Wildman–Crippen LogP) is 3.49. The van der Waals surface area contributed by atoms with Crippen LogP contribution in [0.1, 0.15) is 10.4 Å². The quantitative estimate of drug-likeness (QED) is 0.530. The molecule has 4 aromatic rings. The van der Waals surface area contributed by atoms with Gasteiger partial charge < -0.3 is 9.67 Å². The molecular formula is C23H18N4O2. The fourth-order valence-electron chi connectivity index (χ4n) is 2.91. The Labute approximate surface area is 167 Å². The van der Waals surface area contributed by atoms with Crippen molar-refractivity contribution in [2.75, 3.05) is 0 Å². The summed E-state index contributed by atoms with van der Waals surface area (Å²) in [6.07, 6.45) is 1.68. The number of nitrogens with zero attached hydrogens (tertiary/aromatic N) is 3. The van der Waals surface area contributed by atoms with Crippen molar-refractivity contribution in [2.24, 2.45) is 5.10 Å². The van der Waals surface area contributed by atoms with Gasteiger partial charge in [-0.1, -0.05) is 54.6 Å². The van der Waals surface area contributed by atoms with Crippen LogP contribution in [-0.2, 0) is 0 Å². The summed E-state index contributed by atoms with van der Waals surface area (Å²) in [4.78, 5) is 16.6. The van der Waals surface area contributed by atoms with Gasteiger partial charge in [-0.15, -0.1) is 0 Å². The maximum Gasteiger partial charge on any atom is 0.271 e. The van der Waals surface area contributed by atoms with E-state index >= 15 is 0 Å². The minimum absolute atomic E-state index is 0.0192. The van der Waals surface area contributed by atoms with Crippen molar-refractivity contribution in [1.82, 2.24) is 15.0 Å². The number of aromatic hydroxyl groups is 1. The highest BCUT2D eigenvalue weighted by Crippen LogP contribution is 2.20. The number of benzene rings is 3. The van der Waals surface area contributed by atoms with Gasteiger partial charge in [0.15, 0.2) is 5.49 Å². The summed E-state index contributed by atoms with van der Waals surface area (Å²) in [5.41, 5.74) is 6.01. The molecule has 0 saturated heterocycles. The molecule has 0 aliphatic heterocycles. The highest BCUT2D eigenvalue weighted by molar-refractivity contribution is 5.94. The molecule has 1 aromatic heterocycles. The highest BCUT2D eigenvalue weighted by atomic mass is 16.3. The Kier molecular flexibility index (Phi) is 5.16. The molecule has 0 aliphatic carbocycles. The fraction of sp³-hybridized carbons (Fsp3) is 0. The Morgan fingerprint density at radius 1 is 0.897 bits per heavy atom. The van der Waals surface area contributed by atoms with Crippen molar-refractivity contribution in [1.29, 1.82) is 0 Å². The number of phenols is 1. The first-order valence-electron chi connectivity index (χ1n) is 9.03. The Morgan fingerprint density at radius 3 is 2.34 bits per heavy atom. The number of hydrogen-bond acceptors (Lipinski definition) is 4. The van der Waals surface area contributed by atoms with E-state index in [1.807, 2.05) is 71.3 Å². The highest BCUT2D eigenvalue weighted by Gasteiger charge is 2.07. The summed E-state index contributed by atoms with van der Waals surface area (Å²) in [5.74, 6) is -0.408. The smallest absolute Gasteiger partial charge is 0.271 e. The number of nitrogens with one attached hydrogen (secondary N) is 1. The molecular weight excluding hydrogens is 364 g/mol. The zero-order chi connectivity index (χ0) is 20.1. The van der Waals surface area contributed by atoms with E-state index in [0.717, 1.165) is 16.9 Å². The van der Waals surface area contributed by atoms with Crippen molar-refractivity contribution in [3.63, 3.8) is 0 Å². The van der Waals surface area contributed by atoms with Gasteiger partial charge in [0.2, 0.25) is 0 Å². The molecule has 29 heavy (non-hydrogen) atoms. The van der Waals surface area contributed by atoms with Crippen molar-refractivity contribution >= 4 is 5.91 Å². The largest absolute Gasteiger partial charge is 0.508 e. The van der Waals surface area contributed by atoms with Gasteiger partial charge in [-0.3, -0.25) is 4.79 Å². The Bertz CT molecular complexity index is 1200. The number of hydrogen-bond donors (Lipinski definition) is 2. The maximum absolute atomic E-state index is 12.3. The molecule has 2 N–H and O–H groups in total. The molecule has 0 bridgehead atoms. The normalized spacial score (nSPS) is 11.2. The van der Waals surface area contributed by atoms with E-state index in [2.05, 4.69) is 15.5 Å². The van der Waals surface area contributed by atoms with Crippen molar-refractivity contribution in [3.8, 4) is 22.7 Å². The third kappa shape index (κ3) is 4.22. The maximum atomic E-state index is 12.3. The number of aromatic nitrogens is 2. The first kappa shape index (κ1) is 18.2. The average Bonchev–Trinajstić information content (AvgIpc) is 2.78. The molecule has 6 nitrogen and oxygen atoms in total. The van der Waals surface area contributed by atoms with Gasteiger partial charge in [-0.25, -0.2) is 10.4 Å². The molecule has 0 radical (unpaired) electrons. The Morgan fingerprint density at radius 2 is 1.62 bits per heavy atom. The van der Waals surface area contributed by atoms with Crippen LogP contribution in [0.15, 0.2) is 102 Å². The first-order valence-corrected chi connectivity index (χ1v) is 9.03. The van der Waals surface area contributed by atoms with Gasteiger partial charge in [-0.05, 0) is 35.9 Å². The molecule has 4 rings (SSSR count). The zero-order valence-corrected chi connectivity index (χ0v) is 15.4. The lowest BCUT2D eigenvalue weighted by Crippen LogP contribution is -2.23. The minimum Gasteiger partial charge on any atom is -0.508 e. The summed E-state index contributed by atoms with van der Waals surface area (Å²) in [5, 5.41) is 13.7. The van der Waals surface area contributed by atoms with Crippen LogP contribution in [0.3, 0.4) is 0 Å². The second-order valence-corrected chi connectivity index (χ2v) is 6.31. The van der Waals surface area contributed by atoms with E-state index in [0.29, 0.717) is 11.1 Å². The van der Waals surface area contributed by atoms with Gasteiger partial charge in [-0.2, -0.15) is 5.10 Å². The van der Waals surface area contributed by atoms with Crippen LogP contribution in [-0.4, -0.2) is 20.6 Å². The van der Waals surface area contributed by atoms with Crippen LogP contribution in [0.4, 0.5) is 0 Å². The third-order valence-electron chi connectivity index (χ3n) is 4.32. The monoisotopic (exact) mass is 382 g/mol. The second-order valence-electron chi connectivity index (χ2n) is 6.31. The van der Waals surface area contributed by atoms with Gasteiger partial charge in [0.25, 0.3) is 5.91 Å². The molecule has 6 heteroatoms. The lowest BCUT2D eigenvalue weighted by Gasteiger charge is -2.13. The van der Waals surface area contributed by atoms with Crippen LogP contribution in [0.2, 0.25) is 0 Å². The molecule has 0 aliphatic rings. The number of amides is 1. The van der Waals surface area contributed by atoms with E-state index in [-0.39, 0.29) is 5.75 Å². The van der Waals surface area contributed by atoms with E-state index in [9.17, 15) is 9.90 Å². The van der Waals surface area contributed by atoms with E-state index in [1.165, 1.54) is 12.1 Å². The molecule has 142 valence electrons. The van der Waals surface area contributed by atoms with Crippen LogP contribution in [0, 0.1) is 0 Å². The average molecular weight is 382 g/mol. The summed E-state index contributed by atoms with van der Waals surface area (Å²) in [7, 11) is 0. The Balaban J connectivity index is 1.72. The van der Waals surface area contributed by atoms with Crippen molar-refractivity contribution in [2.45, 2.75) is 0 Å². The standard InChI is InChI=1S/C23H18N4O2/c28-20-13-7-10-18(14-20)23(29)26-25-22-15-21(17-8-3-1-4-9-17)27(16-24-22)19-11-5-2-6-12-19/h1-16,28H,(H,26,29). The minimum atomic E-state index is -0.427. The van der Waals surface area contributed by atoms with Crippen LogP contribution in [0.5, 0.6) is 5.75 Å². The number of phenolic OH excluding ortho intramolecular Hbond substituents is 1. The van der Waals surface area contributed by atoms with E-state index < -0.39 is 5.91 Å². The third-order valence-corrected chi connectivity index (χ3v) is 4.32.